The van der Waals surface area contributed by atoms with Crippen LogP contribution >= 0.6 is 12.2 Å². The number of fused-ring (bicyclic) bond motifs is 1. The van der Waals surface area contributed by atoms with Gasteiger partial charge in [-0.05, 0) is 99.6 Å². The Labute approximate surface area is 333 Å². The molecule has 3 aliphatic rings. The predicted octanol–water partition coefficient (Wildman–Crippen LogP) is 5.98. The molecule has 0 radical (unpaired) electrons. The smallest absolute Gasteiger partial charge is 0.420 e. The molecule has 0 aliphatic carbocycles. The maximum Gasteiger partial charge on any atom is 0.420 e. The number of thiocarbonyl (C=S) groups is 1. The highest BCUT2D eigenvalue weighted by atomic mass is 32.1. The standard InChI is InChI=1S/C40H31F4N7O6S/c1-39(2)37(56)50(28-14-9-22(19-45)32(33(28)41)40(42,43)44)38(58)51(39)23-10-13-26(47-20-23)21-7-11-24(12-8-21)57-18-4-17-46-27-6-3-5-25-31(27)36(55)49(35(25)54)29-15-16-30(52)48-34(29)53/h3,5-14,20,29,46H,4,15-18H2,1-2H3,(H,48,52,53). The summed E-state index contributed by atoms with van der Waals surface area (Å²) in [6.45, 7) is 3.68. The van der Waals surface area contributed by atoms with Crippen molar-refractivity contribution in [3.63, 3.8) is 0 Å². The first-order chi connectivity index (χ1) is 27.5. The van der Waals surface area contributed by atoms with Crippen molar-refractivity contribution in [1.82, 2.24) is 15.2 Å². The van der Waals surface area contributed by atoms with E-state index in [-0.39, 0.29) is 29.1 Å². The molecular weight excluding hydrogens is 783 g/mol. The maximum absolute atomic E-state index is 15.4. The molecule has 3 aromatic carbocycles. The normalized spacial score (nSPS) is 17.7. The Balaban J connectivity index is 0.960. The van der Waals surface area contributed by atoms with Crippen LogP contribution in [0.2, 0.25) is 0 Å². The van der Waals surface area contributed by atoms with Gasteiger partial charge < -0.3 is 15.0 Å². The van der Waals surface area contributed by atoms with Gasteiger partial charge in [-0.1, -0.05) is 6.07 Å². The summed E-state index contributed by atoms with van der Waals surface area (Å²) in [6.07, 6.45) is -3.16. The number of aromatic nitrogens is 1. The van der Waals surface area contributed by atoms with Crippen molar-refractivity contribution in [2.24, 2.45) is 0 Å². The summed E-state index contributed by atoms with van der Waals surface area (Å²) in [7, 11) is 0. The molecule has 7 rings (SSSR count). The van der Waals surface area contributed by atoms with E-state index in [4.69, 9.17) is 22.2 Å². The highest BCUT2D eigenvalue weighted by Gasteiger charge is 2.52. The summed E-state index contributed by atoms with van der Waals surface area (Å²) < 4.78 is 62.4. The molecule has 0 spiro atoms. The molecule has 13 nitrogen and oxygen atoms in total. The number of pyridine rings is 1. The second-order valence-electron chi connectivity index (χ2n) is 14.0. The third-order valence-corrected chi connectivity index (χ3v) is 10.3. The van der Waals surface area contributed by atoms with Gasteiger partial charge in [-0.3, -0.25) is 44.1 Å². The first kappa shape index (κ1) is 39.5. The van der Waals surface area contributed by atoms with Gasteiger partial charge in [0.15, 0.2) is 10.9 Å². The number of hydrogen-bond acceptors (Lipinski definition) is 10. The summed E-state index contributed by atoms with van der Waals surface area (Å²) >= 11 is 5.51. The Kier molecular flexibility index (Phi) is 10.2. The van der Waals surface area contributed by atoms with Crippen molar-refractivity contribution in [2.75, 3.05) is 28.3 Å². The van der Waals surface area contributed by atoms with Gasteiger partial charge in [0.05, 0.1) is 52.6 Å². The molecule has 1 atom stereocenters. The molecule has 2 saturated heterocycles. The lowest BCUT2D eigenvalue weighted by molar-refractivity contribution is -0.140. The van der Waals surface area contributed by atoms with Crippen LogP contribution in [0.5, 0.6) is 5.75 Å². The summed E-state index contributed by atoms with van der Waals surface area (Å²) in [4.78, 5) is 71.4. The van der Waals surface area contributed by atoms with E-state index in [0.29, 0.717) is 52.9 Å². The minimum Gasteiger partial charge on any atom is -0.494 e. The Bertz CT molecular complexity index is 2450. The zero-order valence-corrected chi connectivity index (χ0v) is 31.5. The van der Waals surface area contributed by atoms with Gasteiger partial charge >= 0.3 is 6.18 Å². The number of hydrogen-bond donors (Lipinski definition) is 2. The van der Waals surface area contributed by atoms with Crippen molar-refractivity contribution in [1.29, 1.82) is 5.26 Å². The van der Waals surface area contributed by atoms with Crippen LogP contribution in [0.1, 0.15) is 65.0 Å². The van der Waals surface area contributed by atoms with Gasteiger partial charge in [0.25, 0.3) is 17.7 Å². The molecule has 296 valence electrons. The molecule has 0 bridgehead atoms. The quantitative estimate of drug-likeness (QED) is 0.0838. The number of ether oxygens (including phenoxy) is 1. The number of nitrogens with one attached hydrogen (secondary N) is 2. The molecule has 1 aromatic heterocycles. The van der Waals surface area contributed by atoms with E-state index in [1.165, 1.54) is 37.1 Å². The van der Waals surface area contributed by atoms with Crippen LogP contribution in [0, 0.1) is 17.1 Å². The van der Waals surface area contributed by atoms with Crippen LogP contribution in [0.4, 0.5) is 34.6 Å². The maximum atomic E-state index is 15.4. The fraction of sp³-hybridized carbons (Fsp3) is 0.250. The van der Waals surface area contributed by atoms with E-state index in [1.54, 1.807) is 48.5 Å². The Morgan fingerprint density at radius 2 is 1.76 bits per heavy atom. The van der Waals surface area contributed by atoms with E-state index in [9.17, 15) is 37.1 Å². The molecule has 18 heteroatoms. The van der Waals surface area contributed by atoms with Gasteiger partial charge in [-0.2, -0.15) is 18.4 Å². The lowest BCUT2D eigenvalue weighted by atomic mass is 10.0. The van der Waals surface area contributed by atoms with Gasteiger partial charge in [0.2, 0.25) is 11.8 Å². The van der Waals surface area contributed by atoms with E-state index < -0.39 is 69.9 Å². The second-order valence-corrected chi connectivity index (χ2v) is 14.3. The second kappa shape index (κ2) is 15.0. The number of benzene rings is 3. The SMILES string of the molecule is CC1(C)C(=O)N(c2ccc(C#N)c(C(F)(F)F)c2F)C(=S)N1c1ccc(-c2ccc(OCCCNc3cccc4c3C(=O)N(C3CCC(=O)NC3=O)C4=O)cc2)nc1. The number of imide groups is 2. The number of anilines is 3. The Morgan fingerprint density at radius 1 is 1.02 bits per heavy atom. The van der Waals surface area contributed by atoms with Crippen molar-refractivity contribution in [3.05, 3.63) is 101 Å². The average molecular weight is 814 g/mol. The van der Waals surface area contributed by atoms with Crippen LogP contribution in [0.25, 0.3) is 11.3 Å². The predicted molar refractivity (Wildman–Crippen MR) is 204 cm³/mol. The minimum absolute atomic E-state index is 0.0239. The lowest BCUT2D eigenvalue weighted by Crippen LogP contribution is -2.54. The highest BCUT2D eigenvalue weighted by molar-refractivity contribution is 7.81. The Hall–Kier alpha value is -6.74. The molecule has 5 amide bonds. The summed E-state index contributed by atoms with van der Waals surface area (Å²) in [5.41, 5.74) is -2.52. The van der Waals surface area contributed by atoms with Gasteiger partial charge in [-0.25, -0.2) is 4.39 Å². The van der Waals surface area contributed by atoms with Crippen LogP contribution in [0.15, 0.2) is 72.9 Å². The average Bonchev–Trinajstić information content (AvgIpc) is 3.54. The number of halogens is 4. The number of carbonyl (C=O) groups excluding carboxylic acids is 5. The molecule has 58 heavy (non-hydrogen) atoms. The number of nitriles is 1. The van der Waals surface area contributed by atoms with Crippen molar-refractivity contribution in [3.8, 4) is 23.1 Å². The number of piperidine rings is 1. The number of nitrogens with zero attached hydrogens (tertiary/aromatic N) is 5. The highest BCUT2D eigenvalue weighted by Crippen LogP contribution is 2.42. The number of amides is 5. The number of rotatable bonds is 10. The number of carbonyl (C=O) groups is 5. The molecule has 2 fully saturated rings. The fourth-order valence-electron chi connectivity index (χ4n) is 7.11. The van der Waals surface area contributed by atoms with Crippen LogP contribution in [0.3, 0.4) is 0 Å². The monoisotopic (exact) mass is 813 g/mol. The van der Waals surface area contributed by atoms with E-state index in [2.05, 4.69) is 15.6 Å². The minimum atomic E-state index is -5.20. The molecule has 3 aliphatic heterocycles. The third kappa shape index (κ3) is 6.87. The van der Waals surface area contributed by atoms with Crippen molar-refractivity contribution in [2.45, 2.75) is 50.9 Å². The molecular formula is C40H31F4N7O6S. The topological polar surface area (TPSA) is 165 Å². The van der Waals surface area contributed by atoms with E-state index >= 15 is 4.39 Å². The van der Waals surface area contributed by atoms with Crippen molar-refractivity contribution >= 4 is 63.9 Å². The first-order valence-corrected chi connectivity index (χ1v) is 18.2. The largest absolute Gasteiger partial charge is 0.494 e. The molecule has 0 saturated carbocycles. The summed E-state index contributed by atoms with van der Waals surface area (Å²) in [5.74, 6) is -4.34. The van der Waals surface area contributed by atoms with Crippen LogP contribution in [-0.2, 0) is 20.6 Å². The zero-order valence-electron chi connectivity index (χ0n) is 30.6. The van der Waals surface area contributed by atoms with Crippen molar-refractivity contribution < 1.29 is 46.3 Å². The molecule has 4 heterocycles. The van der Waals surface area contributed by atoms with Gasteiger partial charge in [-0.15, -0.1) is 0 Å². The van der Waals surface area contributed by atoms with Gasteiger partial charge in [0, 0.05) is 24.2 Å². The molecule has 2 N–H and O–H groups in total. The molecule has 1 unspecified atom stereocenters. The summed E-state index contributed by atoms with van der Waals surface area (Å²) in [5, 5.41) is 14.2. The third-order valence-electron chi connectivity index (χ3n) is 9.96. The number of alkyl halides is 3. The van der Waals surface area contributed by atoms with Crippen LogP contribution in [-0.4, -0.2) is 69.3 Å². The van der Waals surface area contributed by atoms with Crippen LogP contribution < -0.4 is 25.2 Å². The summed E-state index contributed by atoms with van der Waals surface area (Å²) in [6, 6.07) is 17.1. The lowest BCUT2D eigenvalue weighted by Gasteiger charge is -2.29. The fourth-order valence-corrected chi connectivity index (χ4v) is 7.62. The molecule has 4 aromatic rings. The van der Waals surface area contributed by atoms with Gasteiger partial charge in [0.1, 0.15) is 22.9 Å². The zero-order chi connectivity index (χ0) is 41.7. The Morgan fingerprint density at radius 3 is 2.41 bits per heavy atom. The first-order valence-electron chi connectivity index (χ1n) is 17.8. The van der Waals surface area contributed by atoms with E-state index in [1.807, 2.05) is 0 Å². The van der Waals surface area contributed by atoms with E-state index in [0.717, 1.165) is 17.0 Å².